The molecule has 2 aromatic rings. The zero-order valence-corrected chi connectivity index (χ0v) is 10.6. The fourth-order valence-electron chi connectivity index (χ4n) is 2.06. The topological polar surface area (TPSA) is 63.4 Å². The Balaban J connectivity index is 2.01. The van der Waals surface area contributed by atoms with E-state index in [2.05, 4.69) is 15.1 Å². The Morgan fingerprint density at radius 2 is 2.35 bits per heavy atom. The Hall–Kier alpha value is -2.38. The highest BCUT2D eigenvalue weighted by atomic mass is 19.3. The molecule has 0 saturated heterocycles. The van der Waals surface area contributed by atoms with Gasteiger partial charge in [-0.15, -0.1) is 0 Å². The summed E-state index contributed by atoms with van der Waals surface area (Å²) in [4.78, 5) is 19.8. The number of fused-ring (bicyclic) bond motifs is 1. The minimum absolute atomic E-state index is 0.0363. The normalized spacial score (nSPS) is 19.8. The van der Waals surface area contributed by atoms with Gasteiger partial charge in [0.1, 0.15) is 12.0 Å². The summed E-state index contributed by atoms with van der Waals surface area (Å²) < 4.78 is 27.0. The molecule has 8 heteroatoms. The second kappa shape index (κ2) is 4.62. The zero-order chi connectivity index (χ0) is 14.3. The number of carbonyl (C=O) groups excluding carboxylic acids is 1. The second-order valence-corrected chi connectivity index (χ2v) is 4.59. The summed E-state index contributed by atoms with van der Waals surface area (Å²) in [6, 6.07) is 1.32. The van der Waals surface area contributed by atoms with E-state index in [0.29, 0.717) is 5.69 Å². The van der Waals surface area contributed by atoms with E-state index in [1.807, 2.05) is 0 Å². The van der Waals surface area contributed by atoms with E-state index in [1.165, 1.54) is 16.9 Å². The predicted molar refractivity (Wildman–Crippen MR) is 65.9 cm³/mol. The van der Waals surface area contributed by atoms with Gasteiger partial charge in [-0.3, -0.25) is 4.79 Å². The molecule has 1 saturated carbocycles. The van der Waals surface area contributed by atoms with Crippen LogP contribution in [-0.4, -0.2) is 44.0 Å². The summed E-state index contributed by atoms with van der Waals surface area (Å²) in [6.45, 7) is 0. The first-order valence-corrected chi connectivity index (χ1v) is 5.96. The highest BCUT2D eigenvalue weighted by Gasteiger charge is 2.33. The van der Waals surface area contributed by atoms with Crippen LogP contribution in [0.2, 0.25) is 0 Å². The lowest BCUT2D eigenvalue weighted by Crippen LogP contribution is -2.18. The van der Waals surface area contributed by atoms with Crippen LogP contribution in [-0.2, 0) is 4.79 Å². The van der Waals surface area contributed by atoms with Crippen molar-refractivity contribution in [3.8, 4) is 0 Å². The number of rotatable bonds is 4. The van der Waals surface area contributed by atoms with Gasteiger partial charge in [0.15, 0.2) is 0 Å². The van der Waals surface area contributed by atoms with Crippen molar-refractivity contribution in [1.29, 1.82) is 0 Å². The smallest absolute Gasteiger partial charge is 0.280 e. The van der Waals surface area contributed by atoms with E-state index in [4.69, 9.17) is 0 Å². The Kier molecular flexibility index (Phi) is 2.92. The van der Waals surface area contributed by atoms with Crippen LogP contribution in [0.25, 0.3) is 11.9 Å². The molecule has 3 rings (SSSR count). The number of hydrogen-bond donors (Lipinski definition) is 0. The van der Waals surface area contributed by atoms with E-state index >= 15 is 0 Å². The lowest BCUT2D eigenvalue weighted by Gasteiger charge is -2.06. The molecule has 2 aromatic heterocycles. The van der Waals surface area contributed by atoms with Gasteiger partial charge in [0.05, 0.1) is 11.7 Å². The monoisotopic (exact) mass is 279 g/mol. The summed E-state index contributed by atoms with van der Waals surface area (Å²) in [5, 5.41) is 3.96. The molecular weight excluding hydrogens is 268 g/mol. The van der Waals surface area contributed by atoms with Crippen LogP contribution in [0, 0.1) is 0 Å². The predicted octanol–water partition coefficient (Wildman–Crippen LogP) is 1.31. The van der Waals surface area contributed by atoms with Gasteiger partial charge >= 0.3 is 0 Å². The minimum atomic E-state index is -2.67. The molecule has 0 N–H and O–H groups in total. The molecule has 104 valence electrons. The summed E-state index contributed by atoms with van der Waals surface area (Å²) in [7, 11) is 1.68. The van der Waals surface area contributed by atoms with E-state index in [-0.39, 0.29) is 17.5 Å². The van der Waals surface area contributed by atoms with Crippen LogP contribution in [0.1, 0.15) is 24.2 Å². The van der Waals surface area contributed by atoms with Gasteiger partial charge in [-0.1, -0.05) is 0 Å². The molecule has 1 fully saturated rings. The van der Waals surface area contributed by atoms with Crippen molar-refractivity contribution in [1.82, 2.24) is 24.5 Å². The fraction of sp³-hybridized carbons (Fsp3) is 0.333. The maximum absolute atomic E-state index is 12.8. The summed E-state index contributed by atoms with van der Waals surface area (Å²) in [5.41, 5.74) is 1.14. The standard InChI is InChI=1S/C12H11F2N5O/c1-18(6-20)10-3-7(10)2-8-4-9(11(13)14)17-12-15-5-16-19(8)12/h2,4-6,10-11H,3H2,1H3/b7-2-. The largest absolute Gasteiger partial charge is 0.341 e. The molecule has 2 heterocycles. The molecule has 20 heavy (non-hydrogen) atoms. The van der Waals surface area contributed by atoms with Gasteiger partial charge in [0.2, 0.25) is 6.41 Å². The highest BCUT2D eigenvalue weighted by Crippen LogP contribution is 2.35. The van der Waals surface area contributed by atoms with Crippen LogP contribution in [0.3, 0.4) is 0 Å². The Morgan fingerprint density at radius 1 is 1.55 bits per heavy atom. The van der Waals surface area contributed by atoms with Crippen LogP contribution in [0.15, 0.2) is 18.0 Å². The molecule has 1 unspecified atom stereocenters. The van der Waals surface area contributed by atoms with Crippen LogP contribution < -0.4 is 0 Å². The van der Waals surface area contributed by atoms with Gasteiger partial charge in [-0.05, 0) is 24.1 Å². The van der Waals surface area contributed by atoms with E-state index in [9.17, 15) is 13.6 Å². The first-order chi connectivity index (χ1) is 9.60. The SMILES string of the molecule is CN(C=O)C1C/C1=C/c1cc(C(F)F)nc2ncnn12. The molecule has 0 aliphatic heterocycles. The second-order valence-electron chi connectivity index (χ2n) is 4.59. The average molecular weight is 279 g/mol. The molecule has 0 bridgehead atoms. The van der Waals surface area contributed by atoms with Gasteiger partial charge < -0.3 is 4.90 Å². The van der Waals surface area contributed by atoms with Gasteiger partial charge in [-0.25, -0.2) is 13.8 Å². The molecule has 1 aliphatic rings. The van der Waals surface area contributed by atoms with Crippen molar-refractivity contribution < 1.29 is 13.6 Å². The third kappa shape index (κ3) is 2.13. The van der Waals surface area contributed by atoms with E-state index < -0.39 is 6.43 Å². The number of amides is 1. The highest BCUT2D eigenvalue weighted by molar-refractivity contribution is 5.62. The van der Waals surface area contributed by atoms with Gasteiger partial charge in [0, 0.05) is 7.05 Å². The molecule has 6 nitrogen and oxygen atoms in total. The molecule has 1 atom stereocenters. The van der Waals surface area contributed by atoms with E-state index in [1.54, 1.807) is 18.0 Å². The van der Waals surface area contributed by atoms with Gasteiger partial charge in [-0.2, -0.15) is 14.6 Å². The molecule has 0 spiro atoms. The van der Waals surface area contributed by atoms with Gasteiger partial charge in [0.25, 0.3) is 12.2 Å². The number of likely N-dealkylation sites (N-methyl/N-ethyl adjacent to an activating group) is 1. The lowest BCUT2D eigenvalue weighted by molar-refractivity contribution is -0.117. The summed E-state index contributed by atoms with van der Waals surface area (Å²) in [6.07, 6.45) is 1.83. The number of aromatic nitrogens is 4. The molecular formula is C12H11F2N5O. The maximum Gasteiger partial charge on any atom is 0.280 e. The van der Waals surface area contributed by atoms with Crippen molar-refractivity contribution in [3.05, 3.63) is 29.4 Å². The third-order valence-corrected chi connectivity index (χ3v) is 3.21. The van der Waals surface area contributed by atoms with Crippen LogP contribution in [0.4, 0.5) is 8.78 Å². The Morgan fingerprint density at radius 3 is 3.05 bits per heavy atom. The Bertz CT molecular complexity index is 696. The van der Waals surface area contributed by atoms with Crippen molar-refractivity contribution in [2.45, 2.75) is 18.9 Å². The maximum atomic E-state index is 12.8. The first kappa shape index (κ1) is 12.6. The first-order valence-electron chi connectivity index (χ1n) is 5.96. The van der Waals surface area contributed by atoms with E-state index in [0.717, 1.165) is 18.4 Å². The van der Waals surface area contributed by atoms with Crippen molar-refractivity contribution in [2.24, 2.45) is 0 Å². The number of alkyl halides is 2. The molecule has 1 amide bonds. The number of halogens is 2. The number of carbonyl (C=O) groups is 1. The zero-order valence-electron chi connectivity index (χ0n) is 10.6. The number of nitrogens with zero attached hydrogens (tertiary/aromatic N) is 5. The fourth-order valence-corrected chi connectivity index (χ4v) is 2.06. The third-order valence-electron chi connectivity index (χ3n) is 3.21. The molecule has 0 aromatic carbocycles. The molecule has 0 radical (unpaired) electrons. The summed E-state index contributed by atoms with van der Waals surface area (Å²) >= 11 is 0. The number of hydrogen-bond acceptors (Lipinski definition) is 4. The van der Waals surface area contributed by atoms with Crippen LogP contribution >= 0.6 is 0 Å². The van der Waals surface area contributed by atoms with Crippen LogP contribution in [0.5, 0.6) is 0 Å². The van der Waals surface area contributed by atoms with Crippen molar-refractivity contribution in [3.63, 3.8) is 0 Å². The Labute approximate surface area is 112 Å². The quantitative estimate of drug-likeness (QED) is 0.791. The molecule has 1 aliphatic carbocycles. The summed E-state index contributed by atoms with van der Waals surface area (Å²) in [5.74, 6) is 0.135. The average Bonchev–Trinajstić information content (AvgIpc) is 3.02. The minimum Gasteiger partial charge on any atom is -0.341 e. The lowest BCUT2D eigenvalue weighted by atomic mass is 10.3. The van der Waals surface area contributed by atoms with Crippen molar-refractivity contribution in [2.75, 3.05) is 7.05 Å². The van der Waals surface area contributed by atoms with Crippen molar-refractivity contribution >= 4 is 18.3 Å².